The summed E-state index contributed by atoms with van der Waals surface area (Å²) in [6, 6.07) is 5.19. The monoisotopic (exact) mass is 352 g/mol. The Morgan fingerprint density at radius 3 is 2.88 bits per heavy atom. The van der Waals surface area contributed by atoms with Gasteiger partial charge in [-0.25, -0.2) is 8.42 Å². The van der Waals surface area contributed by atoms with Crippen LogP contribution in [0.1, 0.15) is 35.2 Å². The molecule has 0 bridgehead atoms. The molecule has 2 aliphatic rings. The Labute approximate surface area is 143 Å². The molecule has 0 saturated heterocycles. The third-order valence-corrected chi connectivity index (χ3v) is 5.58. The molecule has 0 atom stereocenters. The maximum Gasteiger partial charge on any atom is 0.251 e. The molecule has 1 aromatic rings. The topological polar surface area (TPSA) is 75.7 Å². The molecule has 132 valence electrons. The van der Waals surface area contributed by atoms with E-state index in [-0.39, 0.29) is 5.91 Å². The Hall–Kier alpha value is -1.60. The van der Waals surface area contributed by atoms with E-state index in [4.69, 9.17) is 4.74 Å². The lowest BCUT2D eigenvalue weighted by atomic mass is 10.1. The van der Waals surface area contributed by atoms with Crippen LogP contribution in [0.15, 0.2) is 18.2 Å². The fourth-order valence-corrected chi connectivity index (χ4v) is 3.83. The van der Waals surface area contributed by atoms with E-state index in [1.54, 1.807) is 18.2 Å². The maximum absolute atomic E-state index is 12.2. The average Bonchev–Trinajstić information content (AvgIpc) is 3.25. The van der Waals surface area contributed by atoms with Crippen LogP contribution in [-0.4, -0.2) is 46.9 Å². The van der Waals surface area contributed by atoms with E-state index in [1.165, 1.54) is 23.4 Å². The third kappa shape index (κ3) is 4.27. The highest BCUT2D eigenvalue weighted by molar-refractivity contribution is 7.92. The van der Waals surface area contributed by atoms with Gasteiger partial charge in [0.25, 0.3) is 5.91 Å². The first kappa shape index (κ1) is 17.2. The van der Waals surface area contributed by atoms with E-state index < -0.39 is 10.0 Å². The van der Waals surface area contributed by atoms with Crippen LogP contribution in [0.3, 0.4) is 0 Å². The van der Waals surface area contributed by atoms with Crippen molar-refractivity contribution >= 4 is 21.6 Å². The zero-order chi connectivity index (χ0) is 17.2. The van der Waals surface area contributed by atoms with Crippen molar-refractivity contribution in [1.29, 1.82) is 0 Å². The third-order valence-electron chi connectivity index (χ3n) is 4.40. The second kappa shape index (κ2) is 7.11. The van der Waals surface area contributed by atoms with Gasteiger partial charge in [-0.3, -0.25) is 9.10 Å². The number of nitrogens with zero attached hydrogens (tertiary/aromatic N) is 1. The molecule has 0 unspecified atom stereocenters. The van der Waals surface area contributed by atoms with Crippen molar-refractivity contribution in [2.75, 3.05) is 36.9 Å². The number of sulfonamides is 1. The van der Waals surface area contributed by atoms with Crippen molar-refractivity contribution < 1.29 is 17.9 Å². The average molecular weight is 352 g/mol. The molecule has 1 aliphatic heterocycles. The summed E-state index contributed by atoms with van der Waals surface area (Å²) < 4.78 is 30.4. The smallest absolute Gasteiger partial charge is 0.251 e. The lowest BCUT2D eigenvalue weighted by Crippen LogP contribution is -2.27. The summed E-state index contributed by atoms with van der Waals surface area (Å²) in [5.74, 6) is 0.635. The van der Waals surface area contributed by atoms with Crippen molar-refractivity contribution in [2.45, 2.75) is 25.7 Å². The number of hydrogen-bond acceptors (Lipinski definition) is 4. The lowest BCUT2D eigenvalue weighted by Gasteiger charge is -2.16. The number of benzene rings is 1. The minimum atomic E-state index is -3.26. The second-order valence-electron chi connectivity index (χ2n) is 6.56. The fourth-order valence-electron chi connectivity index (χ4n) is 2.87. The SMILES string of the molecule is CS(=O)(=O)N1CCc2cc(C(=O)NCCCOCC3CC3)ccc21. The number of amides is 1. The number of nitrogens with one attached hydrogen (secondary N) is 1. The van der Waals surface area contributed by atoms with Crippen molar-refractivity contribution in [3.63, 3.8) is 0 Å². The van der Waals surface area contributed by atoms with Crippen molar-refractivity contribution in [3.05, 3.63) is 29.3 Å². The van der Waals surface area contributed by atoms with Crippen molar-refractivity contribution in [3.8, 4) is 0 Å². The van der Waals surface area contributed by atoms with Crippen molar-refractivity contribution in [2.24, 2.45) is 5.92 Å². The van der Waals surface area contributed by atoms with Crippen LogP contribution in [0.4, 0.5) is 5.69 Å². The highest BCUT2D eigenvalue weighted by Crippen LogP contribution is 2.30. The van der Waals surface area contributed by atoms with Gasteiger partial charge in [-0.05, 0) is 55.4 Å². The Balaban J connectivity index is 1.49. The lowest BCUT2D eigenvalue weighted by molar-refractivity contribution is 0.0937. The molecule has 1 saturated carbocycles. The number of anilines is 1. The molecule has 0 aromatic heterocycles. The highest BCUT2D eigenvalue weighted by atomic mass is 32.2. The first-order valence-electron chi connectivity index (χ1n) is 8.42. The van der Waals surface area contributed by atoms with Gasteiger partial charge in [0.15, 0.2) is 0 Å². The summed E-state index contributed by atoms with van der Waals surface area (Å²) in [6.07, 6.45) is 5.20. The number of ether oxygens (including phenoxy) is 1. The molecule has 3 rings (SSSR count). The summed E-state index contributed by atoms with van der Waals surface area (Å²) >= 11 is 0. The van der Waals surface area contributed by atoms with Crippen LogP contribution in [0.25, 0.3) is 0 Å². The summed E-state index contributed by atoms with van der Waals surface area (Å²) in [6.45, 7) is 2.54. The normalized spacial score (nSPS) is 17.0. The molecule has 1 aliphatic carbocycles. The van der Waals surface area contributed by atoms with E-state index >= 15 is 0 Å². The Bertz CT molecular complexity index is 713. The first-order valence-corrected chi connectivity index (χ1v) is 10.3. The minimum absolute atomic E-state index is 0.127. The Morgan fingerprint density at radius 1 is 1.38 bits per heavy atom. The van der Waals surface area contributed by atoms with Crippen LogP contribution in [0.5, 0.6) is 0 Å². The van der Waals surface area contributed by atoms with Gasteiger partial charge < -0.3 is 10.1 Å². The minimum Gasteiger partial charge on any atom is -0.381 e. The van der Waals surface area contributed by atoms with Gasteiger partial charge in [0.05, 0.1) is 11.9 Å². The predicted octanol–water partition coefficient (Wildman–Crippen LogP) is 1.56. The molecule has 0 radical (unpaired) electrons. The van der Waals surface area contributed by atoms with Crippen LogP contribution < -0.4 is 9.62 Å². The van der Waals surface area contributed by atoms with E-state index in [1.807, 2.05) is 0 Å². The Morgan fingerprint density at radius 2 is 2.17 bits per heavy atom. The Kier molecular flexibility index (Phi) is 5.10. The standard InChI is InChI=1S/C17H24N2O4S/c1-24(21,22)19-9-7-14-11-15(5-6-16(14)19)17(20)18-8-2-10-23-12-13-3-4-13/h5-6,11,13H,2-4,7-10,12H2,1H3,(H,18,20). The van der Waals surface area contributed by atoms with Gasteiger partial charge in [0, 0.05) is 31.9 Å². The molecule has 6 nitrogen and oxygen atoms in total. The first-order chi connectivity index (χ1) is 11.4. The van der Waals surface area contributed by atoms with Crippen LogP contribution in [0, 0.1) is 5.92 Å². The summed E-state index contributed by atoms with van der Waals surface area (Å²) in [4.78, 5) is 12.2. The number of fused-ring (bicyclic) bond motifs is 1. The van der Waals surface area contributed by atoms with Gasteiger partial charge in [-0.15, -0.1) is 0 Å². The quantitative estimate of drug-likeness (QED) is 0.721. The van der Waals surface area contributed by atoms with E-state index in [9.17, 15) is 13.2 Å². The zero-order valence-corrected chi connectivity index (χ0v) is 14.8. The van der Waals surface area contributed by atoms with Crippen molar-refractivity contribution in [1.82, 2.24) is 5.32 Å². The maximum atomic E-state index is 12.2. The molecular formula is C17H24N2O4S. The summed E-state index contributed by atoms with van der Waals surface area (Å²) in [7, 11) is -3.26. The molecule has 1 aromatic carbocycles. The van der Waals surface area contributed by atoms with E-state index in [0.717, 1.165) is 24.5 Å². The number of carbonyl (C=O) groups is 1. The van der Waals surface area contributed by atoms with Crippen LogP contribution in [0.2, 0.25) is 0 Å². The second-order valence-corrected chi connectivity index (χ2v) is 8.46. The summed E-state index contributed by atoms with van der Waals surface area (Å²) in [5.41, 5.74) is 2.16. The molecule has 1 heterocycles. The highest BCUT2D eigenvalue weighted by Gasteiger charge is 2.26. The van der Waals surface area contributed by atoms with Gasteiger partial charge in [0.1, 0.15) is 0 Å². The largest absolute Gasteiger partial charge is 0.381 e. The number of carbonyl (C=O) groups excluding carboxylic acids is 1. The molecule has 0 spiro atoms. The predicted molar refractivity (Wildman–Crippen MR) is 92.8 cm³/mol. The van der Waals surface area contributed by atoms with Gasteiger partial charge >= 0.3 is 0 Å². The van der Waals surface area contributed by atoms with Gasteiger partial charge in [0.2, 0.25) is 10.0 Å². The summed E-state index contributed by atoms with van der Waals surface area (Å²) in [5, 5.41) is 2.88. The van der Waals surface area contributed by atoms with Crippen LogP contribution in [-0.2, 0) is 21.2 Å². The molecule has 7 heteroatoms. The zero-order valence-electron chi connectivity index (χ0n) is 14.0. The van der Waals surface area contributed by atoms with Crippen LogP contribution >= 0.6 is 0 Å². The van der Waals surface area contributed by atoms with Gasteiger partial charge in [-0.2, -0.15) is 0 Å². The molecule has 24 heavy (non-hydrogen) atoms. The fraction of sp³-hybridized carbons (Fsp3) is 0.588. The molecule has 1 amide bonds. The number of hydrogen-bond donors (Lipinski definition) is 1. The number of rotatable bonds is 8. The molecule has 1 N–H and O–H groups in total. The van der Waals surface area contributed by atoms with E-state index in [2.05, 4.69) is 5.32 Å². The van der Waals surface area contributed by atoms with Gasteiger partial charge in [-0.1, -0.05) is 0 Å². The molecule has 1 fully saturated rings. The van der Waals surface area contributed by atoms with E-state index in [0.29, 0.717) is 37.4 Å². The molecular weight excluding hydrogens is 328 g/mol.